The van der Waals surface area contributed by atoms with Gasteiger partial charge in [0.15, 0.2) is 0 Å². The maximum absolute atomic E-state index is 12.3. The topological polar surface area (TPSA) is 52.7 Å². The molecule has 0 heterocycles. The molecule has 0 spiro atoms. The molecule has 2 unspecified atom stereocenters. The summed E-state index contributed by atoms with van der Waals surface area (Å²) in [6.07, 6.45) is 0. The molecule has 0 aromatic rings. The van der Waals surface area contributed by atoms with Crippen LogP contribution >= 0.6 is 12.6 Å². The molecule has 18 heavy (non-hydrogen) atoms. The summed E-state index contributed by atoms with van der Waals surface area (Å²) in [5.74, 6) is 0.0274. The zero-order valence-electron chi connectivity index (χ0n) is 11.9. The zero-order valence-corrected chi connectivity index (χ0v) is 12.8. The summed E-state index contributed by atoms with van der Waals surface area (Å²) < 4.78 is 0. The molecule has 0 aliphatic heterocycles. The Morgan fingerprint density at radius 1 is 1.33 bits per heavy atom. The predicted octanol–water partition coefficient (Wildman–Crippen LogP) is 0.220. The van der Waals surface area contributed by atoms with Gasteiger partial charge in [-0.2, -0.15) is 12.6 Å². The van der Waals surface area contributed by atoms with Crippen molar-refractivity contribution in [1.82, 2.24) is 15.1 Å². The lowest BCUT2D eigenvalue weighted by atomic mass is 10.2. The van der Waals surface area contributed by atoms with Crippen LogP contribution in [0, 0.1) is 0 Å². The van der Waals surface area contributed by atoms with Crippen LogP contribution < -0.4 is 5.32 Å². The first-order valence-electron chi connectivity index (χ1n) is 6.16. The van der Waals surface area contributed by atoms with Crippen molar-refractivity contribution < 1.29 is 9.59 Å². The van der Waals surface area contributed by atoms with Gasteiger partial charge in [0.2, 0.25) is 11.8 Å². The van der Waals surface area contributed by atoms with Crippen molar-refractivity contribution >= 4 is 24.4 Å². The fraction of sp³-hybridized carbons (Fsp3) is 0.833. The number of hydrogen-bond donors (Lipinski definition) is 2. The van der Waals surface area contributed by atoms with Gasteiger partial charge in [-0.05, 0) is 27.9 Å². The third-order valence-electron chi connectivity index (χ3n) is 2.64. The van der Waals surface area contributed by atoms with Gasteiger partial charge in [0.05, 0.1) is 0 Å². The Kier molecular flexibility index (Phi) is 8.02. The summed E-state index contributed by atoms with van der Waals surface area (Å²) in [5, 5.41) is 2.63. The minimum atomic E-state index is -0.546. The lowest BCUT2D eigenvalue weighted by Gasteiger charge is -2.32. The van der Waals surface area contributed by atoms with E-state index in [0.29, 0.717) is 12.3 Å². The van der Waals surface area contributed by atoms with Crippen molar-refractivity contribution in [2.45, 2.75) is 32.9 Å². The third kappa shape index (κ3) is 5.73. The zero-order chi connectivity index (χ0) is 14.3. The maximum atomic E-state index is 12.3. The van der Waals surface area contributed by atoms with Gasteiger partial charge in [-0.15, -0.1) is 0 Å². The molecule has 6 heteroatoms. The van der Waals surface area contributed by atoms with E-state index in [1.807, 2.05) is 32.8 Å². The first-order chi connectivity index (χ1) is 8.33. The van der Waals surface area contributed by atoms with Crippen molar-refractivity contribution in [3.8, 4) is 0 Å². The van der Waals surface area contributed by atoms with E-state index in [4.69, 9.17) is 0 Å². The number of likely N-dealkylation sites (N-methyl/N-ethyl adjacent to an activating group) is 2. The van der Waals surface area contributed by atoms with Crippen LogP contribution in [-0.4, -0.2) is 66.6 Å². The van der Waals surface area contributed by atoms with E-state index < -0.39 is 6.04 Å². The molecule has 0 saturated heterocycles. The molecule has 0 aromatic carbocycles. The molecule has 0 saturated carbocycles. The summed E-state index contributed by atoms with van der Waals surface area (Å²) in [7, 11) is 3.94. The van der Waals surface area contributed by atoms with Crippen LogP contribution in [0.4, 0.5) is 0 Å². The third-order valence-corrected chi connectivity index (χ3v) is 3.01. The van der Waals surface area contributed by atoms with Crippen molar-refractivity contribution in [3.63, 3.8) is 0 Å². The van der Waals surface area contributed by atoms with E-state index in [1.165, 1.54) is 6.92 Å². The fourth-order valence-corrected chi connectivity index (χ4v) is 2.19. The van der Waals surface area contributed by atoms with Gasteiger partial charge >= 0.3 is 0 Å². The fourth-order valence-electron chi connectivity index (χ4n) is 1.94. The Balaban J connectivity index is 4.70. The van der Waals surface area contributed by atoms with Crippen LogP contribution in [0.2, 0.25) is 0 Å². The highest BCUT2D eigenvalue weighted by molar-refractivity contribution is 7.80. The van der Waals surface area contributed by atoms with Crippen LogP contribution in [-0.2, 0) is 9.59 Å². The van der Waals surface area contributed by atoms with Gasteiger partial charge in [0, 0.05) is 31.8 Å². The highest BCUT2D eigenvalue weighted by atomic mass is 32.1. The molecule has 1 N–H and O–H groups in total. The lowest BCUT2D eigenvalue weighted by Crippen LogP contribution is -2.53. The molecule has 106 valence electrons. The maximum Gasteiger partial charge on any atom is 0.246 e. The van der Waals surface area contributed by atoms with Gasteiger partial charge in [0.25, 0.3) is 0 Å². The summed E-state index contributed by atoms with van der Waals surface area (Å²) >= 11 is 4.13. The van der Waals surface area contributed by atoms with Gasteiger partial charge < -0.3 is 15.1 Å². The molecule has 0 bridgehead atoms. The number of rotatable bonds is 7. The number of amides is 2. The van der Waals surface area contributed by atoms with E-state index in [0.717, 1.165) is 6.54 Å². The molecule has 0 aromatic heterocycles. The first kappa shape index (κ1) is 17.2. The Morgan fingerprint density at radius 2 is 1.89 bits per heavy atom. The predicted molar refractivity (Wildman–Crippen MR) is 76.9 cm³/mol. The number of carbonyl (C=O) groups excluding carboxylic acids is 2. The Morgan fingerprint density at radius 3 is 2.22 bits per heavy atom. The summed E-state index contributed by atoms with van der Waals surface area (Å²) in [6.45, 7) is 6.76. The monoisotopic (exact) mass is 275 g/mol. The molecule has 0 aliphatic rings. The van der Waals surface area contributed by atoms with Crippen LogP contribution in [0.15, 0.2) is 0 Å². The van der Waals surface area contributed by atoms with Crippen molar-refractivity contribution in [1.29, 1.82) is 0 Å². The van der Waals surface area contributed by atoms with Crippen molar-refractivity contribution in [2.75, 3.05) is 32.9 Å². The number of carbonyl (C=O) groups is 2. The Hall–Kier alpha value is -0.750. The second kappa shape index (κ2) is 8.37. The molecular formula is C12H25N3O2S. The average Bonchev–Trinajstić information content (AvgIpc) is 2.25. The van der Waals surface area contributed by atoms with Crippen molar-refractivity contribution in [3.05, 3.63) is 0 Å². The molecule has 2 atom stereocenters. The minimum Gasteiger partial charge on any atom is -0.344 e. The number of nitrogens with one attached hydrogen (secondary N) is 1. The first-order valence-corrected chi connectivity index (χ1v) is 6.79. The van der Waals surface area contributed by atoms with Crippen LogP contribution in [0.5, 0.6) is 0 Å². The quantitative estimate of drug-likeness (QED) is 0.654. The second-order valence-corrected chi connectivity index (χ2v) is 5.04. The number of thiol groups is 1. The van der Waals surface area contributed by atoms with Crippen LogP contribution in [0.3, 0.4) is 0 Å². The van der Waals surface area contributed by atoms with Crippen LogP contribution in [0.25, 0.3) is 0 Å². The SMILES string of the molecule is CCN(C(=O)C(CS)NC(C)=O)C(C)CN(C)C. The smallest absolute Gasteiger partial charge is 0.246 e. The van der Waals surface area contributed by atoms with Gasteiger partial charge in [0.1, 0.15) is 6.04 Å². The van der Waals surface area contributed by atoms with E-state index >= 15 is 0 Å². The molecule has 5 nitrogen and oxygen atoms in total. The molecule has 0 rings (SSSR count). The molecule has 2 amide bonds. The highest BCUT2D eigenvalue weighted by Crippen LogP contribution is 2.05. The van der Waals surface area contributed by atoms with E-state index in [9.17, 15) is 9.59 Å². The van der Waals surface area contributed by atoms with Crippen LogP contribution in [0.1, 0.15) is 20.8 Å². The molecule has 0 radical (unpaired) electrons. The Bertz CT molecular complexity index is 284. The normalized spacial score (nSPS) is 14.2. The minimum absolute atomic E-state index is 0.0722. The largest absolute Gasteiger partial charge is 0.344 e. The summed E-state index contributed by atoms with van der Waals surface area (Å²) in [6, 6.07) is -0.441. The average molecular weight is 275 g/mol. The molecule has 0 fully saturated rings. The van der Waals surface area contributed by atoms with E-state index in [1.54, 1.807) is 4.90 Å². The van der Waals surface area contributed by atoms with E-state index in [-0.39, 0.29) is 17.9 Å². The van der Waals surface area contributed by atoms with Gasteiger partial charge in [-0.1, -0.05) is 0 Å². The lowest BCUT2D eigenvalue weighted by molar-refractivity contribution is -0.137. The number of nitrogens with zero attached hydrogens (tertiary/aromatic N) is 2. The standard InChI is InChI=1S/C12H25N3O2S/c1-6-15(9(2)7-14(4)5)12(17)11(8-18)13-10(3)16/h9,11,18H,6-8H2,1-5H3,(H,13,16). The number of hydrogen-bond acceptors (Lipinski definition) is 4. The van der Waals surface area contributed by atoms with Gasteiger partial charge in [-0.3, -0.25) is 9.59 Å². The molecule has 0 aliphatic carbocycles. The summed E-state index contributed by atoms with van der Waals surface area (Å²) in [5.41, 5.74) is 0. The van der Waals surface area contributed by atoms with E-state index in [2.05, 4.69) is 17.9 Å². The Labute approximate surface area is 115 Å². The van der Waals surface area contributed by atoms with Crippen molar-refractivity contribution in [2.24, 2.45) is 0 Å². The van der Waals surface area contributed by atoms with Gasteiger partial charge in [-0.25, -0.2) is 0 Å². The highest BCUT2D eigenvalue weighted by Gasteiger charge is 2.26. The second-order valence-electron chi connectivity index (χ2n) is 4.67. The summed E-state index contributed by atoms with van der Waals surface area (Å²) in [4.78, 5) is 27.2. The molecular weight excluding hydrogens is 250 g/mol.